The number of esters is 1. The highest BCUT2D eigenvalue weighted by Crippen LogP contribution is 2.43. The van der Waals surface area contributed by atoms with Crippen LogP contribution in [0.1, 0.15) is 181 Å². The molecular weight excluding hydrogens is 685 g/mol. The Kier molecular flexibility index (Phi) is 36.7. The molecule has 1 N–H and O–H groups in total. The quantitative estimate of drug-likeness (QED) is 0.0166. The van der Waals surface area contributed by atoms with Crippen molar-refractivity contribution in [1.82, 2.24) is 0 Å². The van der Waals surface area contributed by atoms with Gasteiger partial charge in [0, 0.05) is 12.7 Å². The number of nitrogens with zero attached hydrogens (tertiary/aromatic N) is 1. The molecular formula is C44H85NO7P+. The summed E-state index contributed by atoms with van der Waals surface area (Å²) >= 11 is 0. The molecule has 9 heteroatoms. The maximum absolute atomic E-state index is 12.6. The number of carbonyl (C=O) groups is 1. The molecule has 0 radical (unpaired) electrons. The molecule has 53 heavy (non-hydrogen) atoms. The average Bonchev–Trinajstić information content (AvgIpc) is 3.11. The predicted molar refractivity (Wildman–Crippen MR) is 224 cm³/mol. The number of hydrogen-bond acceptors (Lipinski definition) is 6. The van der Waals surface area contributed by atoms with E-state index in [-0.39, 0.29) is 19.8 Å². The van der Waals surface area contributed by atoms with Crippen molar-refractivity contribution in [2.45, 2.75) is 187 Å². The molecule has 0 heterocycles. The van der Waals surface area contributed by atoms with Crippen molar-refractivity contribution in [3.8, 4) is 0 Å². The summed E-state index contributed by atoms with van der Waals surface area (Å²) in [5.74, 6) is -0.563. The van der Waals surface area contributed by atoms with Crippen LogP contribution in [0, 0.1) is 0 Å². The second-order valence-corrected chi connectivity index (χ2v) is 17.3. The summed E-state index contributed by atoms with van der Waals surface area (Å²) in [4.78, 5) is 22.7. The van der Waals surface area contributed by atoms with Crippen LogP contribution in [0.3, 0.4) is 0 Å². The third-order valence-corrected chi connectivity index (χ3v) is 10.3. The summed E-state index contributed by atoms with van der Waals surface area (Å²) in [7, 11) is 1.60. The molecule has 0 aliphatic carbocycles. The van der Waals surface area contributed by atoms with Crippen LogP contribution < -0.4 is 0 Å². The highest BCUT2D eigenvalue weighted by molar-refractivity contribution is 7.47. The van der Waals surface area contributed by atoms with Crippen LogP contribution in [0.25, 0.3) is 0 Å². The topological polar surface area (TPSA) is 91.3 Å². The van der Waals surface area contributed by atoms with E-state index in [0.717, 1.165) is 19.3 Å². The number of likely N-dealkylation sites (N-methyl/N-ethyl adjacent to an activating group) is 1. The van der Waals surface area contributed by atoms with Gasteiger partial charge >= 0.3 is 13.8 Å². The van der Waals surface area contributed by atoms with Crippen molar-refractivity contribution in [3.63, 3.8) is 0 Å². The first kappa shape index (κ1) is 51.7. The third-order valence-electron chi connectivity index (χ3n) is 9.34. The minimum atomic E-state index is -4.30. The Bertz CT molecular complexity index is 947. The molecule has 0 rings (SSSR count). The number of unbranched alkanes of at least 4 members (excludes halogenated alkanes) is 24. The van der Waals surface area contributed by atoms with Crippen LogP contribution in [-0.2, 0) is 27.9 Å². The first-order chi connectivity index (χ1) is 25.6. The molecule has 1 unspecified atom stereocenters. The van der Waals surface area contributed by atoms with E-state index < -0.39 is 19.9 Å². The highest BCUT2D eigenvalue weighted by atomic mass is 31.2. The van der Waals surface area contributed by atoms with E-state index in [1.54, 1.807) is 12.2 Å². The predicted octanol–water partition coefficient (Wildman–Crippen LogP) is 12.6. The van der Waals surface area contributed by atoms with Crippen LogP contribution in [-0.4, -0.2) is 75.6 Å². The molecule has 0 aliphatic rings. The molecule has 0 aromatic heterocycles. The van der Waals surface area contributed by atoms with Gasteiger partial charge < -0.3 is 18.9 Å². The van der Waals surface area contributed by atoms with E-state index in [1.807, 2.05) is 33.3 Å². The summed E-state index contributed by atoms with van der Waals surface area (Å²) in [6.07, 6.45) is 43.9. The monoisotopic (exact) mass is 771 g/mol. The number of quaternary nitrogens is 1. The molecule has 0 aromatic carbocycles. The van der Waals surface area contributed by atoms with E-state index in [1.165, 1.54) is 154 Å². The molecule has 0 spiro atoms. The molecule has 0 fully saturated rings. The van der Waals surface area contributed by atoms with Gasteiger partial charge in [0.2, 0.25) is 0 Å². The zero-order valence-electron chi connectivity index (χ0n) is 35.3. The highest BCUT2D eigenvalue weighted by Gasteiger charge is 2.26. The van der Waals surface area contributed by atoms with Crippen LogP contribution in [0.15, 0.2) is 36.5 Å². The molecule has 0 aliphatic heterocycles. The number of hydrogen-bond donors (Lipinski definition) is 1. The summed E-state index contributed by atoms with van der Waals surface area (Å²) in [5, 5.41) is 0. The Morgan fingerprint density at radius 3 is 1.53 bits per heavy atom. The molecule has 0 amide bonds. The van der Waals surface area contributed by atoms with Crippen LogP contribution in [0.4, 0.5) is 0 Å². The number of allylic oxidation sites excluding steroid dienone is 5. The molecule has 0 aromatic rings. The standard InChI is InChI=1S/C44H84NO7P/c1-6-8-10-12-14-16-18-20-22-23-24-25-27-29-31-33-35-37-44(46)52-43(42-51-53(47,48)50-40-38-45(3,4)5)41-49-39-36-34-32-30-28-26-21-19-17-15-13-11-9-7-2/h27,29,31,33,35,37,43H,6-26,28,30,32,34,36,38-42H2,1-5H3/p+1/t43-/m1/s1. The van der Waals surface area contributed by atoms with Crippen molar-refractivity contribution in [2.24, 2.45) is 0 Å². The largest absolute Gasteiger partial charge is 0.472 e. The zero-order valence-corrected chi connectivity index (χ0v) is 36.1. The second-order valence-electron chi connectivity index (χ2n) is 15.8. The van der Waals surface area contributed by atoms with E-state index in [0.29, 0.717) is 17.6 Å². The lowest BCUT2D eigenvalue weighted by molar-refractivity contribution is -0.870. The molecule has 2 atom stereocenters. The van der Waals surface area contributed by atoms with Gasteiger partial charge in [-0.3, -0.25) is 9.05 Å². The molecule has 0 saturated carbocycles. The fourth-order valence-corrected chi connectivity index (χ4v) is 6.68. The number of ether oxygens (including phenoxy) is 2. The minimum absolute atomic E-state index is 0.0696. The van der Waals surface area contributed by atoms with Gasteiger partial charge in [0.15, 0.2) is 0 Å². The Balaban J connectivity index is 4.38. The zero-order chi connectivity index (χ0) is 39.1. The maximum Gasteiger partial charge on any atom is 0.472 e. The second kappa shape index (κ2) is 37.6. The Morgan fingerprint density at radius 1 is 0.585 bits per heavy atom. The average molecular weight is 771 g/mol. The Labute approximate surface area is 327 Å². The van der Waals surface area contributed by atoms with Gasteiger partial charge in [-0.1, -0.05) is 192 Å². The Hall–Kier alpha value is -1.28. The molecule has 0 saturated heterocycles. The SMILES string of the molecule is CCCCCCCCCCCCCC=CC=CC=CC(=O)O[C@H](COCCCCCCCCCCCCCCCC)COP(=O)(O)OCC[N+](C)(C)C. The van der Waals surface area contributed by atoms with Gasteiger partial charge in [-0.2, -0.15) is 0 Å². The van der Waals surface area contributed by atoms with E-state index in [9.17, 15) is 14.3 Å². The fourth-order valence-electron chi connectivity index (χ4n) is 5.94. The Morgan fingerprint density at radius 2 is 1.04 bits per heavy atom. The molecule has 312 valence electrons. The van der Waals surface area contributed by atoms with Crippen molar-refractivity contribution < 1.29 is 37.3 Å². The third kappa shape index (κ3) is 41.7. The molecule has 0 bridgehead atoms. The van der Waals surface area contributed by atoms with Crippen molar-refractivity contribution in [1.29, 1.82) is 0 Å². The van der Waals surface area contributed by atoms with Gasteiger partial charge in [0.1, 0.15) is 19.3 Å². The number of rotatable bonds is 40. The smallest absolute Gasteiger partial charge is 0.454 e. The summed E-state index contributed by atoms with van der Waals surface area (Å²) in [5.41, 5.74) is 0. The first-order valence-electron chi connectivity index (χ1n) is 21.8. The van der Waals surface area contributed by atoms with Crippen LogP contribution >= 0.6 is 7.82 Å². The van der Waals surface area contributed by atoms with Crippen LogP contribution in [0.5, 0.6) is 0 Å². The van der Waals surface area contributed by atoms with Crippen LogP contribution in [0.2, 0.25) is 0 Å². The van der Waals surface area contributed by atoms with Gasteiger partial charge in [0.05, 0.1) is 34.4 Å². The fraction of sp³-hybridized carbons (Fsp3) is 0.841. The summed E-state index contributed by atoms with van der Waals surface area (Å²) in [6.45, 7) is 5.46. The lowest BCUT2D eigenvalue weighted by Crippen LogP contribution is -2.37. The van der Waals surface area contributed by atoms with E-state index in [4.69, 9.17) is 18.5 Å². The van der Waals surface area contributed by atoms with Gasteiger partial charge in [-0.15, -0.1) is 0 Å². The number of phosphoric ester groups is 1. The summed E-state index contributed by atoms with van der Waals surface area (Å²) in [6, 6.07) is 0. The maximum atomic E-state index is 12.6. The normalized spacial score (nSPS) is 14.2. The lowest BCUT2D eigenvalue weighted by Gasteiger charge is -2.24. The number of phosphoric acid groups is 1. The van der Waals surface area contributed by atoms with Gasteiger partial charge in [-0.25, -0.2) is 9.36 Å². The lowest BCUT2D eigenvalue weighted by atomic mass is 10.0. The van der Waals surface area contributed by atoms with Crippen molar-refractivity contribution in [3.05, 3.63) is 36.5 Å². The first-order valence-corrected chi connectivity index (χ1v) is 23.3. The van der Waals surface area contributed by atoms with Crippen molar-refractivity contribution in [2.75, 3.05) is 54.1 Å². The minimum Gasteiger partial charge on any atom is -0.454 e. The van der Waals surface area contributed by atoms with Gasteiger partial charge in [0.25, 0.3) is 0 Å². The number of carbonyl (C=O) groups excluding carboxylic acids is 1. The van der Waals surface area contributed by atoms with Crippen molar-refractivity contribution >= 4 is 13.8 Å². The summed E-state index contributed by atoms with van der Waals surface area (Å²) < 4.78 is 34.7. The van der Waals surface area contributed by atoms with E-state index >= 15 is 0 Å². The molecule has 8 nitrogen and oxygen atoms in total. The van der Waals surface area contributed by atoms with Gasteiger partial charge in [-0.05, 0) is 19.3 Å². The van der Waals surface area contributed by atoms with E-state index in [2.05, 4.69) is 19.9 Å².